The molecule has 0 saturated heterocycles. The second kappa shape index (κ2) is 6.28. The average molecular weight is 358 g/mol. The van der Waals surface area contributed by atoms with E-state index in [1.54, 1.807) is 6.07 Å². The summed E-state index contributed by atoms with van der Waals surface area (Å²) < 4.78 is 14.0. The van der Waals surface area contributed by atoms with Crippen LogP contribution in [0.5, 0.6) is 0 Å². The third-order valence-corrected chi connectivity index (χ3v) is 4.30. The zero-order valence-corrected chi connectivity index (χ0v) is 14.1. The molecule has 2 rings (SSSR count). The minimum atomic E-state index is -0.284. The maximum absolute atomic E-state index is 13.5. The van der Waals surface area contributed by atoms with Crippen molar-refractivity contribution in [2.24, 2.45) is 0 Å². The summed E-state index contributed by atoms with van der Waals surface area (Å²) in [6.45, 7) is 7.24. The Balaban J connectivity index is 2.03. The molecule has 108 valence electrons. The van der Waals surface area contributed by atoms with E-state index in [1.807, 2.05) is 6.07 Å². The lowest BCUT2D eigenvalue weighted by Crippen LogP contribution is -2.37. The summed E-state index contributed by atoms with van der Waals surface area (Å²) in [5.74, 6) is -0.284. The Morgan fingerprint density at radius 2 is 2.05 bits per heavy atom. The molecule has 6 heteroatoms. The molecule has 1 aromatic carbocycles. The van der Waals surface area contributed by atoms with Crippen molar-refractivity contribution in [2.75, 3.05) is 6.54 Å². The first-order chi connectivity index (χ1) is 9.35. The fraction of sp³-hybridized carbons (Fsp3) is 0.429. The van der Waals surface area contributed by atoms with Crippen LogP contribution in [0.4, 0.5) is 4.39 Å². The van der Waals surface area contributed by atoms with Gasteiger partial charge in [0.15, 0.2) is 0 Å². The normalized spacial score (nSPS) is 11.8. The van der Waals surface area contributed by atoms with E-state index in [1.165, 1.54) is 17.4 Å². The number of aromatic nitrogens is 2. The lowest BCUT2D eigenvalue weighted by Gasteiger charge is -2.19. The molecular weight excluding hydrogens is 341 g/mol. The maximum atomic E-state index is 13.5. The molecule has 0 aliphatic rings. The highest BCUT2D eigenvalue weighted by atomic mass is 79.9. The molecule has 1 aromatic heterocycles. The molecule has 0 bridgehead atoms. The third-order valence-electron chi connectivity index (χ3n) is 2.63. The Morgan fingerprint density at radius 3 is 2.70 bits per heavy atom. The van der Waals surface area contributed by atoms with E-state index in [0.717, 1.165) is 28.5 Å². The highest BCUT2D eigenvalue weighted by molar-refractivity contribution is 9.10. The van der Waals surface area contributed by atoms with Crippen molar-refractivity contribution in [3.05, 3.63) is 33.5 Å². The monoisotopic (exact) mass is 357 g/mol. The second-order valence-corrected chi connectivity index (χ2v) is 7.47. The van der Waals surface area contributed by atoms with Gasteiger partial charge in [-0.25, -0.2) is 4.39 Å². The molecule has 20 heavy (non-hydrogen) atoms. The van der Waals surface area contributed by atoms with Crippen LogP contribution in [0, 0.1) is 5.82 Å². The Bertz CT molecular complexity index is 592. The van der Waals surface area contributed by atoms with Gasteiger partial charge in [0, 0.05) is 24.1 Å². The van der Waals surface area contributed by atoms with Gasteiger partial charge in [-0.15, -0.1) is 10.2 Å². The number of rotatable bonds is 4. The van der Waals surface area contributed by atoms with Crippen LogP contribution in [0.25, 0.3) is 10.6 Å². The third kappa shape index (κ3) is 4.33. The van der Waals surface area contributed by atoms with Crippen LogP contribution in [0.1, 0.15) is 25.8 Å². The lowest BCUT2D eigenvalue weighted by atomic mass is 10.1. The van der Waals surface area contributed by atoms with Crippen molar-refractivity contribution in [1.29, 1.82) is 0 Å². The largest absolute Gasteiger partial charge is 0.312 e. The van der Waals surface area contributed by atoms with E-state index < -0.39 is 0 Å². The molecular formula is C14H17BrFN3S. The maximum Gasteiger partial charge on any atom is 0.147 e. The SMILES string of the molecule is CC(C)(C)NCCc1nnc(-c2ccc(Br)c(F)c2)s1. The smallest absolute Gasteiger partial charge is 0.147 e. The van der Waals surface area contributed by atoms with Gasteiger partial charge in [0.25, 0.3) is 0 Å². The van der Waals surface area contributed by atoms with Gasteiger partial charge in [-0.3, -0.25) is 0 Å². The minimum absolute atomic E-state index is 0.0996. The zero-order valence-electron chi connectivity index (χ0n) is 11.7. The predicted molar refractivity (Wildman–Crippen MR) is 84.5 cm³/mol. The fourth-order valence-corrected chi connectivity index (χ4v) is 2.73. The topological polar surface area (TPSA) is 37.8 Å². The predicted octanol–water partition coefficient (Wildman–Crippen LogP) is 4.04. The van der Waals surface area contributed by atoms with Gasteiger partial charge in [-0.05, 0) is 48.8 Å². The van der Waals surface area contributed by atoms with Gasteiger partial charge >= 0.3 is 0 Å². The van der Waals surface area contributed by atoms with Crippen molar-refractivity contribution in [3.63, 3.8) is 0 Å². The molecule has 1 N–H and O–H groups in total. The van der Waals surface area contributed by atoms with E-state index in [-0.39, 0.29) is 11.4 Å². The van der Waals surface area contributed by atoms with Crippen LogP contribution in [0.15, 0.2) is 22.7 Å². The first-order valence-corrected chi connectivity index (χ1v) is 7.99. The van der Waals surface area contributed by atoms with E-state index in [4.69, 9.17) is 0 Å². The summed E-state index contributed by atoms with van der Waals surface area (Å²) >= 11 is 4.65. The number of hydrogen-bond donors (Lipinski definition) is 1. The summed E-state index contributed by atoms with van der Waals surface area (Å²) in [6, 6.07) is 5.00. The molecule has 0 amide bonds. The van der Waals surface area contributed by atoms with Crippen molar-refractivity contribution in [2.45, 2.75) is 32.7 Å². The van der Waals surface area contributed by atoms with Crippen molar-refractivity contribution >= 4 is 27.3 Å². The molecule has 0 aliphatic carbocycles. The second-order valence-electron chi connectivity index (χ2n) is 5.56. The van der Waals surface area contributed by atoms with Gasteiger partial charge in [-0.2, -0.15) is 0 Å². The molecule has 1 heterocycles. The van der Waals surface area contributed by atoms with Gasteiger partial charge < -0.3 is 5.32 Å². The van der Waals surface area contributed by atoms with Gasteiger partial charge in [0.05, 0.1) is 4.47 Å². The first-order valence-electron chi connectivity index (χ1n) is 6.38. The van der Waals surface area contributed by atoms with E-state index in [2.05, 4.69) is 52.2 Å². The van der Waals surface area contributed by atoms with Crippen molar-refractivity contribution in [1.82, 2.24) is 15.5 Å². The molecule has 0 radical (unpaired) electrons. The molecule has 2 aromatic rings. The zero-order chi connectivity index (χ0) is 14.8. The van der Waals surface area contributed by atoms with Gasteiger partial charge in [-0.1, -0.05) is 17.4 Å². The quantitative estimate of drug-likeness (QED) is 0.897. The van der Waals surface area contributed by atoms with Crippen LogP contribution in [0.2, 0.25) is 0 Å². The van der Waals surface area contributed by atoms with Crippen LogP contribution in [-0.2, 0) is 6.42 Å². The molecule has 0 unspecified atom stereocenters. The number of benzene rings is 1. The van der Waals surface area contributed by atoms with Crippen LogP contribution in [-0.4, -0.2) is 22.3 Å². The Labute approximate surface area is 130 Å². The molecule has 0 fully saturated rings. The van der Waals surface area contributed by atoms with Crippen LogP contribution < -0.4 is 5.32 Å². The van der Waals surface area contributed by atoms with E-state index in [9.17, 15) is 4.39 Å². The van der Waals surface area contributed by atoms with Crippen molar-refractivity contribution in [3.8, 4) is 10.6 Å². The summed E-state index contributed by atoms with van der Waals surface area (Å²) in [5.41, 5.74) is 0.862. The minimum Gasteiger partial charge on any atom is -0.312 e. The Hall–Kier alpha value is -0.850. The van der Waals surface area contributed by atoms with E-state index in [0.29, 0.717) is 4.47 Å². The standard InChI is InChI=1S/C14H17BrFN3S/c1-14(2,3)17-7-6-12-18-19-13(20-12)9-4-5-10(15)11(16)8-9/h4-5,8,17H,6-7H2,1-3H3. The number of halogens is 2. The fourth-order valence-electron chi connectivity index (χ4n) is 1.64. The summed E-state index contributed by atoms with van der Waals surface area (Å²) in [6.07, 6.45) is 0.827. The number of nitrogens with one attached hydrogen (secondary N) is 1. The van der Waals surface area contributed by atoms with Gasteiger partial charge in [0.2, 0.25) is 0 Å². The number of nitrogens with zero attached hydrogens (tertiary/aromatic N) is 2. The molecule has 0 spiro atoms. The van der Waals surface area contributed by atoms with Crippen LogP contribution in [0.3, 0.4) is 0 Å². The molecule has 0 aliphatic heterocycles. The molecule has 0 saturated carbocycles. The Kier molecular flexibility index (Phi) is 4.88. The highest BCUT2D eigenvalue weighted by Crippen LogP contribution is 2.27. The highest BCUT2D eigenvalue weighted by Gasteiger charge is 2.11. The van der Waals surface area contributed by atoms with Gasteiger partial charge in [0.1, 0.15) is 15.8 Å². The van der Waals surface area contributed by atoms with Crippen molar-refractivity contribution < 1.29 is 4.39 Å². The molecule has 0 atom stereocenters. The van der Waals surface area contributed by atoms with Crippen LogP contribution >= 0.6 is 27.3 Å². The first kappa shape index (κ1) is 15.5. The lowest BCUT2D eigenvalue weighted by molar-refractivity contribution is 0.429. The Morgan fingerprint density at radius 1 is 1.30 bits per heavy atom. The summed E-state index contributed by atoms with van der Waals surface area (Å²) in [4.78, 5) is 0. The van der Waals surface area contributed by atoms with E-state index >= 15 is 0 Å². The average Bonchev–Trinajstić information content (AvgIpc) is 2.80. The number of hydrogen-bond acceptors (Lipinski definition) is 4. The summed E-state index contributed by atoms with van der Waals surface area (Å²) in [7, 11) is 0. The molecule has 3 nitrogen and oxygen atoms in total. The summed E-state index contributed by atoms with van der Waals surface area (Å²) in [5, 5.41) is 13.4.